The molecule has 3 amide bonds. The molecule has 2 aliphatic rings. The van der Waals surface area contributed by atoms with Crippen LogP contribution in [0.1, 0.15) is 18.6 Å². The summed E-state index contributed by atoms with van der Waals surface area (Å²) in [5.74, 6) is 1.21. The van der Waals surface area contributed by atoms with Crippen LogP contribution in [-0.4, -0.2) is 43.1 Å². The zero-order chi connectivity index (χ0) is 18.6. The predicted octanol–water partition coefficient (Wildman–Crippen LogP) is 2.63. The van der Waals surface area contributed by atoms with Gasteiger partial charge in [0.05, 0.1) is 31.0 Å². The molecule has 0 radical (unpaired) electrons. The summed E-state index contributed by atoms with van der Waals surface area (Å²) < 4.78 is 10.9. The van der Waals surface area contributed by atoms with Gasteiger partial charge in [0.2, 0.25) is 5.91 Å². The first kappa shape index (κ1) is 17.5. The highest BCUT2D eigenvalue weighted by molar-refractivity contribution is 5.94. The number of piperidine rings is 1. The number of ether oxygens (including phenoxy) is 1. The van der Waals surface area contributed by atoms with Crippen LogP contribution < -0.4 is 15.0 Å². The van der Waals surface area contributed by atoms with Crippen molar-refractivity contribution < 1.29 is 18.7 Å². The van der Waals surface area contributed by atoms with Gasteiger partial charge in [-0.2, -0.15) is 0 Å². The number of nitrogens with zero attached hydrogens (tertiary/aromatic N) is 2. The maximum absolute atomic E-state index is 13.1. The first-order chi connectivity index (χ1) is 13.2. The Bertz CT molecular complexity index is 805. The molecule has 2 aliphatic heterocycles. The molecule has 0 aliphatic carbocycles. The fourth-order valence-electron chi connectivity index (χ4n) is 3.64. The molecule has 0 unspecified atom stereocenters. The Kier molecular flexibility index (Phi) is 5.00. The van der Waals surface area contributed by atoms with E-state index < -0.39 is 0 Å². The van der Waals surface area contributed by atoms with E-state index in [0.29, 0.717) is 32.8 Å². The van der Waals surface area contributed by atoms with Gasteiger partial charge < -0.3 is 19.4 Å². The van der Waals surface area contributed by atoms with Crippen LogP contribution in [-0.2, 0) is 11.3 Å². The molecule has 27 heavy (non-hydrogen) atoms. The highest BCUT2D eigenvalue weighted by Crippen LogP contribution is 2.32. The molecule has 0 saturated carbocycles. The van der Waals surface area contributed by atoms with E-state index in [0.717, 1.165) is 30.0 Å². The van der Waals surface area contributed by atoms with Crippen LogP contribution in [0.2, 0.25) is 0 Å². The van der Waals surface area contributed by atoms with Gasteiger partial charge in [-0.1, -0.05) is 12.1 Å². The first-order valence-electron chi connectivity index (χ1n) is 9.31. The number of benzene rings is 1. The number of carbonyl (C=O) groups is 2. The summed E-state index contributed by atoms with van der Waals surface area (Å²) in [6.45, 7) is 2.46. The molecule has 1 aromatic carbocycles. The summed E-state index contributed by atoms with van der Waals surface area (Å²) in [5, 5.41) is 2.91. The van der Waals surface area contributed by atoms with Crippen molar-refractivity contribution in [1.29, 1.82) is 0 Å². The minimum atomic E-state index is -0.200. The smallest absolute Gasteiger partial charge is 0.324 e. The molecule has 1 N–H and O–H groups in total. The van der Waals surface area contributed by atoms with E-state index in [4.69, 9.17) is 9.15 Å². The molecule has 3 heterocycles. The van der Waals surface area contributed by atoms with Crippen molar-refractivity contribution >= 4 is 17.6 Å². The second-order valence-electron chi connectivity index (χ2n) is 6.83. The Hall–Kier alpha value is -2.96. The van der Waals surface area contributed by atoms with Crippen LogP contribution in [0.4, 0.5) is 10.5 Å². The van der Waals surface area contributed by atoms with Crippen molar-refractivity contribution in [2.45, 2.75) is 19.4 Å². The van der Waals surface area contributed by atoms with Gasteiger partial charge in [0.15, 0.2) is 0 Å². The zero-order valence-electron chi connectivity index (χ0n) is 15.1. The number of carbonyl (C=O) groups excluding carboxylic acids is 2. The van der Waals surface area contributed by atoms with E-state index in [1.54, 1.807) is 22.1 Å². The zero-order valence-corrected chi connectivity index (χ0v) is 15.1. The minimum Gasteiger partial charge on any atom is -0.490 e. The number of rotatable bonds is 3. The molecule has 7 heteroatoms. The van der Waals surface area contributed by atoms with Crippen LogP contribution >= 0.6 is 0 Å². The summed E-state index contributed by atoms with van der Waals surface area (Å²) in [5.41, 5.74) is 0.790. The van der Waals surface area contributed by atoms with Crippen molar-refractivity contribution in [2.24, 2.45) is 5.92 Å². The topological polar surface area (TPSA) is 75.0 Å². The largest absolute Gasteiger partial charge is 0.490 e. The lowest BCUT2D eigenvalue weighted by atomic mass is 9.97. The molecule has 2 aromatic rings. The van der Waals surface area contributed by atoms with Crippen molar-refractivity contribution in [1.82, 2.24) is 10.2 Å². The van der Waals surface area contributed by atoms with E-state index in [2.05, 4.69) is 5.32 Å². The summed E-state index contributed by atoms with van der Waals surface area (Å²) in [6.07, 6.45) is 3.19. The lowest BCUT2D eigenvalue weighted by molar-refractivity contribution is -0.126. The van der Waals surface area contributed by atoms with Crippen LogP contribution in [0, 0.1) is 5.92 Å². The number of nitrogens with one attached hydrogen (secondary N) is 1. The van der Waals surface area contributed by atoms with Gasteiger partial charge in [-0.05, 0) is 37.1 Å². The molecule has 0 bridgehead atoms. The molecule has 4 rings (SSSR count). The Morgan fingerprint density at radius 3 is 2.89 bits per heavy atom. The second-order valence-corrected chi connectivity index (χ2v) is 6.83. The van der Waals surface area contributed by atoms with E-state index >= 15 is 0 Å². The normalized spacial score (nSPS) is 19.2. The number of amides is 3. The molecule has 7 nitrogen and oxygen atoms in total. The number of anilines is 1. The number of furan rings is 1. The first-order valence-corrected chi connectivity index (χ1v) is 9.31. The highest BCUT2D eigenvalue weighted by atomic mass is 16.5. The standard InChI is InChI=1S/C20H23N3O4/c24-19(21-13-16-6-4-11-26-16)15-5-3-9-22(14-15)20(25)23-10-12-27-18-8-2-1-7-17(18)23/h1-2,4,6-8,11,15H,3,5,9-10,12-14H2,(H,21,24)/t15-/m0/s1. The van der Waals surface area contributed by atoms with Gasteiger partial charge >= 0.3 is 6.03 Å². The van der Waals surface area contributed by atoms with Gasteiger partial charge in [-0.15, -0.1) is 0 Å². The van der Waals surface area contributed by atoms with Crippen molar-refractivity contribution in [3.63, 3.8) is 0 Å². The number of fused-ring (bicyclic) bond motifs is 1. The van der Waals surface area contributed by atoms with Crippen LogP contribution in [0.25, 0.3) is 0 Å². The van der Waals surface area contributed by atoms with Crippen molar-refractivity contribution in [3.05, 3.63) is 48.4 Å². The number of hydrogen-bond donors (Lipinski definition) is 1. The van der Waals surface area contributed by atoms with Crippen LogP contribution in [0.5, 0.6) is 5.75 Å². The van der Waals surface area contributed by atoms with Gasteiger partial charge in [0, 0.05) is 13.1 Å². The third kappa shape index (κ3) is 3.77. The Balaban J connectivity index is 1.39. The van der Waals surface area contributed by atoms with E-state index in [9.17, 15) is 9.59 Å². The number of likely N-dealkylation sites (tertiary alicyclic amines) is 1. The van der Waals surface area contributed by atoms with E-state index in [1.807, 2.05) is 30.3 Å². The van der Waals surface area contributed by atoms with Crippen LogP contribution in [0.3, 0.4) is 0 Å². The molecular weight excluding hydrogens is 346 g/mol. The molecule has 142 valence electrons. The van der Waals surface area contributed by atoms with Gasteiger partial charge in [-0.3, -0.25) is 9.69 Å². The number of para-hydroxylation sites is 2. The fourth-order valence-corrected chi connectivity index (χ4v) is 3.64. The molecule has 1 atom stereocenters. The van der Waals surface area contributed by atoms with Crippen molar-refractivity contribution in [3.8, 4) is 5.75 Å². The Labute approximate surface area is 157 Å². The average Bonchev–Trinajstić information content (AvgIpc) is 3.25. The second kappa shape index (κ2) is 7.73. The molecule has 0 spiro atoms. The fraction of sp³-hybridized carbons (Fsp3) is 0.400. The van der Waals surface area contributed by atoms with Gasteiger partial charge in [-0.25, -0.2) is 4.79 Å². The molecule has 1 saturated heterocycles. The maximum Gasteiger partial charge on any atom is 0.324 e. The SMILES string of the molecule is O=C(NCc1ccco1)[C@H]1CCCN(C(=O)N2CCOc3ccccc32)C1. The third-order valence-electron chi connectivity index (χ3n) is 5.04. The minimum absolute atomic E-state index is 0.0359. The lowest BCUT2D eigenvalue weighted by Gasteiger charge is -2.37. The van der Waals surface area contributed by atoms with E-state index in [1.165, 1.54) is 0 Å². The lowest BCUT2D eigenvalue weighted by Crippen LogP contribution is -2.52. The summed E-state index contributed by atoms with van der Waals surface area (Å²) in [4.78, 5) is 29.1. The molecule has 1 fully saturated rings. The van der Waals surface area contributed by atoms with Crippen molar-refractivity contribution in [2.75, 3.05) is 31.1 Å². The molecular formula is C20H23N3O4. The highest BCUT2D eigenvalue weighted by Gasteiger charge is 2.33. The molecule has 1 aromatic heterocycles. The Morgan fingerprint density at radius 2 is 2.04 bits per heavy atom. The Morgan fingerprint density at radius 1 is 1.15 bits per heavy atom. The third-order valence-corrected chi connectivity index (χ3v) is 5.04. The quantitative estimate of drug-likeness (QED) is 0.903. The summed E-state index contributed by atoms with van der Waals surface area (Å²) >= 11 is 0. The summed E-state index contributed by atoms with van der Waals surface area (Å²) in [6, 6.07) is 11.1. The monoisotopic (exact) mass is 369 g/mol. The number of hydrogen-bond acceptors (Lipinski definition) is 4. The van der Waals surface area contributed by atoms with Gasteiger partial charge in [0.1, 0.15) is 18.1 Å². The van der Waals surface area contributed by atoms with Gasteiger partial charge in [0.25, 0.3) is 0 Å². The average molecular weight is 369 g/mol. The maximum atomic E-state index is 13.1. The number of urea groups is 1. The van der Waals surface area contributed by atoms with E-state index in [-0.39, 0.29) is 17.9 Å². The predicted molar refractivity (Wildman–Crippen MR) is 99.5 cm³/mol. The van der Waals surface area contributed by atoms with Crippen LogP contribution in [0.15, 0.2) is 47.1 Å². The summed E-state index contributed by atoms with van der Waals surface area (Å²) in [7, 11) is 0.